The monoisotopic (exact) mass is 233 g/mol. The second kappa shape index (κ2) is 4.85. The molecule has 2 N–H and O–H groups in total. The normalized spacial score (nSPS) is 10.2. The molecule has 5 heteroatoms. The van der Waals surface area contributed by atoms with Crippen LogP contribution >= 0.6 is 11.3 Å². The van der Waals surface area contributed by atoms with E-state index >= 15 is 0 Å². The first-order chi connectivity index (χ1) is 7.75. The Kier molecular flexibility index (Phi) is 3.26. The molecule has 0 aliphatic carbocycles. The fraction of sp³-hybridized carbons (Fsp3) is 0.182. The lowest BCUT2D eigenvalue weighted by Gasteiger charge is -1.96. The summed E-state index contributed by atoms with van der Waals surface area (Å²) in [6.07, 6.45) is 6.80. The molecule has 0 saturated heterocycles. The van der Waals surface area contributed by atoms with Crippen LogP contribution < -0.4 is 5.73 Å². The molecule has 0 atom stereocenters. The molecule has 16 heavy (non-hydrogen) atoms. The van der Waals surface area contributed by atoms with Gasteiger partial charge in [-0.3, -0.25) is 9.78 Å². The molecule has 0 fully saturated rings. The van der Waals surface area contributed by atoms with Gasteiger partial charge < -0.3 is 5.73 Å². The molecule has 4 nitrogen and oxygen atoms in total. The maximum absolute atomic E-state index is 10.9. The number of carbonyl (C=O) groups is 1. The molecule has 0 aliphatic rings. The number of aromatic nitrogens is 2. The Balaban J connectivity index is 1.97. The van der Waals surface area contributed by atoms with E-state index in [1.165, 1.54) is 23.1 Å². The number of hydrogen-bond acceptors (Lipinski definition) is 4. The third-order valence-electron chi connectivity index (χ3n) is 2.15. The number of amides is 1. The summed E-state index contributed by atoms with van der Waals surface area (Å²) in [5, 5.41) is 0.928. The van der Waals surface area contributed by atoms with Gasteiger partial charge in [0.05, 0.1) is 11.2 Å². The number of hydrogen-bond donors (Lipinski definition) is 1. The molecule has 0 unspecified atom stereocenters. The summed E-state index contributed by atoms with van der Waals surface area (Å²) in [6.45, 7) is 0. The average molecular weight is 233 g/mol. The Morgan fingerprint density at radius 1 is 1.38 bits per heavy atom. The van der Waals surface area contributed by atoms with Crippen LogP contribution in [0.2, 0.25) is 0 Å². The standard InChI is InChI=1S/C11H11N3OS/c12-11(15)9-7-14-10(16-9)4-3-8-2-1-5-13-6-8/h1-2,5-7H,3-4H2,(H2,12,15). The van der Waals surface area contributed by atoms with Crippen LogP contribution in [0, 0.1) is 0 Å². The van der Waals surface area contributed by atoms with Gasteiger partial charge in [0.15, 0.2) is 0 Å². The summed E-state index contributed by atoms with van der Waals surface area (Å²) in [5.74, 6) is -0.412. The van der Waals surface area contributed by atoms with Gasteiger partial charge in [0, 0.05) is 18.8 Å². The highest BCUT2D eigenvalue weighted by Gasteiger charge is 2.06. The maximum Gasteiger partial charge on any atom is 0.260 e. The van der Waals surface area contributed by atoms with E-state index < -0.39 is 5.91 Å². The van der Waals surface area contributed by atoms with Crippen molar-refractivity contribution in [3.63, 3.8) is 0 Å². The molecule has 1 amide bonds. The number of nitrogens with zero attached hydrogens (tertiary/aromatic N) is 2. The Morgan fingerprint density at radius 3 is 2.88 bits per heavy atom. The zero-order valence-corrected chi connectivity index (χ0v) is 9.41. The van der Waals surface area contributed by atoms with Crippen molar-refractivity contribution in [2.75, 3.05) is 0 Å². The Labute approximate surface area is 97.2 Å². The number of nitrogens with two attached hydrogens (primary N) is 1. The molecule has 2 aromatic heterocycles. The van der Waals surface area contributed by atoms with Crippen LogP contribution in [0.3, 0.4) is 0 Å². The lowest BCUT2D eigenvalue weighted by Crippen LogP contribution is -2.08. The molecular weight excluding hydrogens is 222 g/mol. The number of rotatable bonds is 4. The average Bonchev–Trinajstić information content (AvgIpc) is 2.76. The first-order valence-corrected chi connectivity index (χ1v) is 5.71. The van der Waals surface area contributed by atoms with Crippen molar-refractivity contribution in [1.82, 2.24) is 9.97 Å². The van der Waals surface area contributed by atoms with E-state index in [0.29, 0.717) is 4.88 Å². The number of thiazole rings is 1. The summed E-state index contributed by atoms with van der Waals surface area (Å²) < 4.78 is 0. The maximum atomic E-state index is 10.9. The van der Waals surface area contributed by atoms with Gasteiger partial charge in [0.1, 0.15) is 4.88 Å². The summed E-state index contributed by atoms with van der Waals surface area (Å²) in [6, 6.07) is 3.93. The molecule has 2 heterocycles. The van der Waals surface area contributed by atoms with Crippen LogP contribution in [-0.2, 0) is 12.8 Å². The summed E-state index contributed by atoms with van der Waals surface area (Å²) in [7, 11) is 0. The second-order valence-corrected chi connectivity index (χ2v) is 4.46. The zero-order chi connectivity index (χ0) is 11.4. The fourth-order valence-corrected chi connectivity index (χ4v) is 2.11. The van der Waals surface area contributed by atoms with Crippen molar-refractivity contribution in [3.8, 4) is 0 Å². The van der Waals surface area contributed by atoms with Crippen molar-refractivity contribution in [2.24, 2.45) is 5.73 Å². The Bertz CT molecular complexity index is 481. The van der Waals surface area contributed by atoms with Gasteiger partial charge in [0.25, 0.3) is 5.91 Å². The van der Waals surface area contributed by atoms with Gasteiger partial charge in [-0.2, -0.15) is 0 Å². The molecular formula is C11H11N3OS. The minimum atomic E-state index is -0.412. The van der Waals surface area contributed by atoms with Crippen molar-refractivity contribution < 1.29 is 4.79 Å². The molecule has 2 aromatic rings. The summed E-state index contributed by atoms with van der Waals surface area (Å²) >= 11 is 1.35. The molecule has 82 valence electrons. The Morgan fingerprint density at radius 2 is 2.25 bits per heavy atom. The Hall–Kier alpha value is -1.75. The van der Waals surface area contributed by atoms with E-state index in [0.717, 1.165) is 17.8 Å². The first-order valence-electron chi connectivity index (χ1n) is 4.89. The van der Waals surface area contributed by atoms with Crippen molar-refractivity contribution in [1.29, 1.82) is 0 Å². The first kappa shape index (κ1) is 10.8. The van der Waals surface area contributed by atoms with Crippen LogP contribution in [-0.4, -0.2) is 15.9 Å². The predicted octanol–water partition coefficient (Wildman–Crippen LogP) is 1.42. The van der Waals surface area contributed by atoms with Crippen LogP contribution in [0.5, 0.6) is 0 Å². The van der Waals surface area contributed by atoms with Crippen LogP contribution in [0.1, 0.15) is 20.2 Å². The summed E-state index contributed by atoms with van der Waals surface area (Å²) in [5.41, 5.74) is 6.32. The van der Waals surface area contributed by atoms with E-state index in [2.05, 4.69) is 9.97 Å². The molecule has 0 aromatic carbocycles. The highest BCUT2D eigenvalue weighted by molar-refractivity contribution is 7.13. The van der Waals surface area contributed by atoms with Gasteiger partial charge in [0.2, 0.25) is 0 Å². The predicted molar refractivity (Wildman–Crippen MR) is 62.3 cm³/mol. The molecule has 2 rings (SSSR count). The highest BCUT2D eigenvalue weighted by Crippen LogP contribution is 2.14. The fourth-order valence-electron chi connectivity index (χ4n) is 1.34. The van der Waals surface area contributed by atoms with Gasteiger partial charge in [-0.15, -0.1) is 11.3 Å². The van der Waals surface area contributed by atoms with Gasteiger partial charge in [-0.05, 0) is 18.1 Å². The third-order valence-corrected chi connectivity index (χ3v) is 3.22. The molecule has 0 bridgehead atoms. The smallest absolute Gasteiger partial charge is 0.260 e. The van der Waals surface area contributed by atoms with E-state index in [9.17, 15) is 4.79 Å². The number of carbonyl (C=O) groups excluding carboxylic acids is 1. The SMILES string of the molecule is NC(=O)c1cnc(CCc2cccnc2)s1. The van der Waals surface area contributed by atoms with E-state index in [1.54, 1.807) is 6.20 Å². The van der Waals surface area contributed by atoms with Crippen molar-refractivity contribution >= 4 is 17.2 Å². The lowest BCUT2D eigenvalue weighted by molar-refractivity contribution is 0.100. The second-order valence-electron chi connectivity index (χ2n) is 3.34. The number of pyridine rings is 1. The topological polar surface area (TPSA) is 68.9 Å². The van der Waals surface area contributed by atoms with Crippen LogP contribution in [0.4, 0.5) is 0 Å². The van der Waals surface area contributed by atoms with Crippen LogP contribution in [0.25, 0.3) is 0 Å². The van der Waals surface area contributed by atoms with Gasteiger partial charge >= 0.3 is 0 Å². The van der Waals surface area contributed by atoms with Crippen LogP contribution in [0.15, 0.2) is 30.7 Å². The number of primary amides is 1. The highest BCUT2D eigenvalue weighted by atomic mass is 32.1. The van der Waals surface area contributed by atoms with Crippen molar-refractivity contribution in [3.05, 3.63) is 46.2 Å². The minimum Gasteiger partial charge on any atom is -0.365 e. The van der Waals surface area contributed by atoms with E-state index in [-0.39, 0.29) is 0 Å². The molecule has 0 spiro atoms. The summed E-state index contributed by atoms with van der Waals surface area (Å²) in [4.78, 5) is 19.6. The molecule has 0 radical (unpaired) electrons. The van der Waals surface area contributed by atoms with E-state index in [4.69, 9.17) is 5.73 Å². The zero-order valence-electron chi connectivity index (χ0n) is 8.59. The molecule has 0 saturated carbocycles. The third kappa shape index (κ3) is 2.64. The van der Waals surface area contributed by atoms with E-state index in [1.807, 2.05) is 18.3 Å². The quantitative estimate of drug-likeness (QED) is 0.868. The lowest BCUT2D eigenvalue weighted by atomic mass is 10.2. The number of aryl methyl sites for hydroxylation is 2. The van der Waals surface area contributed by atoms with Gasteiger partial charge in [-0.25, -0.2) is 4.98 Å². The minimum absolute atomic E-state index is 0.412. The molecule has 0 aliphatic heterocycles. The van der Waals surface area contributed by atoms with Crippen molar-refractivity contribution in [2.45, 2.75) is 12.8 Å². The largest absolute Gasteiger partial charge is 0.365 e. The van der Waals surface area contributed by atoms with Gasteiger partial charge in [-0.1, -0.05) is 6.07 Å².